The molecule has 6 nitrogen and oxygen atoms in total. The van der Waals surface area contributed by atoms with Gasteiger partial charge in [0.05, 0.1) is 22.2 Å². The van der Waals surface area contributed by atoms with Gasteiger partial charge in [0.25, 0.3) is 0 Å². The highest BCUT2D eigenvalue weighted by Crippen LogP contribution is 2.25. The number of nitrogens with two attached hydrogens (primary N) is 1. The fourth-order valence-corrected chi connectivity index (χ4v) is 3.33. The van der Waals surface area contributed by atoms with E-state index in [1.807, 2.05) is 13.8 Å². The predicted molar refractivity (Wildman–Crippen MR) is 83.7 cm³/mol. The molecule has 0 fully saturated rings. The molecule has 1 aromatic carbocycles. The molecule has 0 saturated heterocycles. The van der Waals surface area contributed by atoms with Crippen LogP contribution >= 0.6 is 11.6 Å². The van der Waals surface area contributed by atoms with Crippen LogP contribution in [0.4, 0.5) is 5.69 Å². The van der Waals surface area contributed by atoms with Gasteiger partial charge in [0, 0.05) is 13.1 Å². The van der Waals surface area contributed by atoms with Crippen molar-refractivity contribution in [2.24, 2.45) is 0 Å². The number of rotatable bonds is 6. The molecule has 118 valence electrons. The van der Waals surface area contributed by atoms with Gasteiger partial charge in [0.2, 0.25) is 15.9 Å². The topological polar surface area (TPSA) is 92.5 Å². The number of carbonyl (C=O) groups is 1. The van der Waals surface area contributed by atoms with Gasteiger partial charge < -0.3 is 10.6 Å². The Balaban J connectivity index is 2.93. The molecule has 3 N–H and O–H groups in total. The minimum atomic E-state index is -3.81. The lowest BCUT2D eigenvalue weighted by Crippen LogP contribution is -2.40. The lowest BCUT2D eigenvalue weighted by Gasteiger charge is -2.19. The predicted octanol–water partition coefficient (Wildman–Crippen LogP) is 1.38. The molecule has 8 heteroatoms. The summed E-state index contributed by atoms with van der Waals surface area (Å²) in [4.78, 5) is 13.4. The van der Waals surface area contributed by atoms with E-state index in [0.29, 0.717) is 23.7 Å². The smallest absolute Gasteiger partial charge is 0.241 e. The van der Waals surface area contributed by atoms with Crippen molar-refractivity contribution in [1.82, 2.24) is 9.62 Å². The monoisotopic (exact) mass is 333 g/mol. The quantitative estimate of drug-likeness (QED) is 0.769. The molecule has 0 aliphatic heterocycles. The molecular weight excluding hydrogens is 314 g/mol. The van der Waals surface area contributed by atoms with Crippen LogP contribution in [0.2, 0.25) is 5.02 Å². The van der Waals surface area contributed by atoms with Gasteiger partial charge in [-0.25, -0.2) is 13.1 Å². The van der Waals surface area contributed by atoms with E-state index >= 15 is 0 Å². The standard InChI is InChI=1S/C13H20ClN3O3S/c1-4-17(5-2)13(18)8-16-21(19,20)12-7-11(15)10(14)6-9(12)3/h6-7,16H,4-5,8,15H2,1-3H3. The van der Waals surface area contributed by atoms with E-state index in [1.165, 1.54) is 12.1 Å². The second kappa shape index (κ2) is 7.11. The molecule has 0 spiro atoms. The summed E-state index contributed by atoms with van der Waals surface area (Å²) in [6, 6.07) is 2.78. The summed E-state index contributed by atoms with van der Waals surface area (Å²) in [5, 5.41) is 0.297. The van der Waals surface area contributed by atoms with Crippen molar-refractivity contribution in [3.63, 3.8) is 0 Å². The van der Waals surface area contributed by atoms with Crippen LogP contribution in [0.25, 0.3) is 0 Å². The largest absolute Gasteiger partial charge is 0.397 e. The third-order valence-electron chi connectivity index (χ3n) is 3.11. The highest BCUT2D eigenvalue weighted by Gasteiger charge is 2.20. The van der Waals surface area contributed by atoms with Crippen molar-refractivity contribution in [3.05, 3.63) is 22.7 Å². The van der Waals surface area contributed by atoms with Crippen LogP contribution in [0.3, 0.4) is 0 Å². The fraction of sp³-hybridized carbons (Fsp3) is 0.462. The lowest BCUT2D eigenvalue weighted by molar-refractivity contribution is -0.129. The highest BCUT2D eigenvalue weighted by molar-refractivity contribution is 7.89. The summed E-state index contributed by atoms with van der Waals surface area (Å²) in [6.07, 6.45) is 0. The number of hydrogen-bond donors (Lipinski definition) is 2. The number of sulfonamides is 1. The molecule has 0 unspecified atom stereocenters. The summed E-state index contributed by atoms with van der Waals surface area (Å²) in [7, 11) is -3.81. The third-order valence-corrected chi connectivity index (χ3v) is 4.98. The Labute approximate surface area is 130 Å². The average Bonchev–Trinajstić information content (AvgIpc) is 2.42. The van der Waals surface area contributed by atoms with Crippen LogP contribution in [0, 0.1) is 6.92 Å². The van der Waals surface area contributed by atoms with Crippen LogP contribution in [-0.2, 0) is 14.8 Å². The molecular formula is C13H20ClN3O3S. The van der Waals surface area contributed by atoms with Crippen molar-refractivity contribution in [2.75, 3.05) is 25.4 Å². The van der Waals surface area contributed by atoms with Crippen LogP contribution in [0.1, 0.15) is 19.4 Å². The lowest BCUT2D eigenvalue weighted by atomic mass is 10.2. The van der Waals surface area contributed by atoms with Crippen molar-refractivity contribution in [1.29, 1.82) is 0 Å². The number of likely N-dealkylation sites (N-methyl/N-ethyl adjacent to an activating group) is 1. The Kier molecular flexibility index (Phi) is 6.00. The molecule has 0 bridgehead atoms. The zero-order chi connectivity index (χ0) is 16.2. The highest BCUT2D eigenvalue weighted by atomic mass is 35.5. The Bertz CT molecular complexity index is 628. The van der Waals surface area contributed by atoms with Crippen LogP contribution in [-0.4, -0.2) is 38.9 Å². The number of amides is 1. The first-order valence-corrected chi connectivity index (χ1v) is 8.42. The van der Waals surface area contributed by atoms with Gasteiger partial charge in [-0.15, -0.1) is 0 Å². The second-order valence-electron chi connectivity index (χ2n) is 4.53. The van der Waals surface area contributed by atoms with E-state index < -0.39 is 10.0 Å². The summed E-state index contributed by atoms with van der Waals surface area (Å²) in [6.45, 7) is 6.06. The molecule has 0 aromatic heterocycles. The van der Waals surface area contributed by atoms with Crippen molar-refractivity contribution in [2.45, 2.75) is 25.7 Å². The molecule has 21 heavy (non-hydrogen) atoms. The minimum Gasteiger partial charge on any atom is -0.397 e. The first-order valence-electron chi connectivity index (χ1n) is 6.56. The van der Waals surface area contributed by atoms with E-state index in [1.54, 1.807) is 11.8 Å². The summed E-state index contributed by atoms with van der Waals surface area (Å²) >= 11 is 5.84. The van der Waals surface area contributed by atoms with Crippen molar-refractivity contribution < 1.29 is 13.2 Å². The van der Waals surface area contributed by atoms with Gasteiger partial charge in [0.15, 0.2) is 0 Å². The SMILES string of the molecule is CCN(CC)C(=O)CNS(=O)(=O)c1cc(N)c(Cl)cc1C. The van der Waals surface area contributed by atoms with Crippen molar-refractivity contribution in [3.8, 4) is 0 Å². The van der Waals surface area contributed by atoms with E-state index in [9.17, 15) is 13.2 Å². The first-order chi connectivity index (χ1) is 9.72. The van der Waals surface area contributed by atoms with Gasteiger partial charge in [-0.1, -0.05) is 11.6 Å². The molecule has 0 atom stereocenters. The van der Waals surface area contributed by atoms with Gasteiger partial charge >= 0.3 is 0 Å². The van der Waals surface area contributed by atoms with Gasteiger partial charge in [-0.2, -0.15) is 0 Å². The number of anilines is 1. The number of halogens is 1. The van der Waals surface area contributed by atoms with Crippen molar-refractivity contribution >= 4 is 33.2 Å². The normalized spacial score (nSPS) is 11.4. The number of aryl methyl sites for hydroxylation is 1. The Hall–Kier alpha value is -1.31. The molecule has 1 aromatic rings. The zero-order valence-electron chi connectivity index (χ0n) is 12.3. The minimum absolute atomic E-state index is 0.0248. The summed E-state index contributed by atoms with van der Waals surface area (Å²) in [5.41, 5.74) is 6.28. The Morgan fingerprint density at radius 1 is 1.33 bits per heavy atom. The fourth-order valence-electron chi connectivity index (χ4n) is 1.88. The third kappa shape index (κ3) is 4.33. The Morgan fingerprint density at radius 2 is 1.90 bits per heavy atom. The molecule has 0 radical (unpaired) electrons. The number of nitrogen functional groups attached to an aromatic ring is 1. The number of hydrogen-bond acceptors (Lipinski definition) is 4. The zero-order valence-corrected chi connectivity index (χ0v) is 13.9. The van der Waals surface area contributed by atoms with E-state index in [0.717, 1.165) is 0 Å². The number of benzene rings is 1. The number of carbonyl (C=O) groups excluding carboxylic acids is 1. The van der Waals surface area contributed by atoms with Gasteiger partial charge in [-0.05, 0) is 38.5 Å². The molecule has 0 aliphatic carbocycles. The first kappa shape index (κ1) is 17.7. The number of nitrogens with zero attached hydrogens (tertiary/aromatic N) is 1. The van der Waals surface area contributed by atoms with E-state index in [2.05, 4.69) is 4.72 Å². The molecule has 0 heterocycles. The molecule has 0 aliphatic rings. The molecule has 1 amide bonds. The number of nitrogens with one attached hydrogen (secondary N) is 1. The van der Waals surface area contributed by atoms with E-state index in [-0.39, 0.29) is 23.0 Å². The summed E-state index contributed by atoms with van der Waals surface area (Å²) < 4.78 is 26.8. The van der Waals surface area contributed by atoms with Crippen LogP contribution in [0.5, 0.6) is 0 Å². The van der Waals surface area contributed by atoms with Gasteiger partial charge in [-0.3, -0.25) is 4.79 Å². The second-order valence-corrected chi connectivity index (χ2v) is 6.67. The maximum Gasteiger partial charge on any atom is 0.241 e. The maximum absolute atomic E-state index is 12.2. The average molecular weight is 334 g/mol. The van der Waals surface area contributed by atoms with Crippen LogP contribution in [0.15, 0.2) is 17.0 Å². The summed E-state index contributed by atoms with van der Waals surface area (Å²) in [5.74, 6) is -0.275. The molecule has 0 saturated carbocycles. The maximum atomic E-state index is 12.2. The van der Waals surface area contributed by atoms with Gasteiger partial charge in [0.1, 0.15) is 0 Å². The molecule has 1 rings (SSSR count). The Morgan fingerprint density at radius 3 is 2.43 bits per heavy atom. The van der Waals surface area contributed by atoms with Crippen LogP contribution < -0.4 is 10.5 Å². The van der Waals surface area contributed by atoms with E-state index in [4.69, 9.17) is 17.3 Å².